The fourth-order valence-corrected chi connectivity index (χ4v) is 4.19. The minimum atomic E-state index is -3.00. The third-order valence-corrected chi connectivity index (χ3v) is 6.02. The van der Waals surface area contributed by atoms with Gasteiger partial charge in [-0.25, -0.2) is 12.7 Å². The highest BCUT2D eigenvalue weighted by Crippen LogP contribution is 2.33. The largest absolute Gasteiger partial charge is 0.328 e. The zero-order valence-electron chi connectivity index (χ0n) is 11.0. The summed E-state index contributed by atoms with van der Waals surface area (Å²) in [5.41, 5.74) is 5.86. The molecule has 1 atom stereocenters. The average Bonchev–Trinajstić information content (AvgIpc) is 3.10. The van der Waals surface area contributed by atoms with Crippen molar-refractivity contribution in [2.75, 3.05) is 18.8 Å². The Morgan fingerprint density at radius 2 is 1.78 bits per heavy atom. The molecule has 1 unspecified atom stereocenters. The van der Waals surface area contributed by atoms with Crippen molar-refractivity contribution in [3.05, 3.63) is 0 Å². The molecule has 1 heterocycles. The molecule has 2 aliphatic rings. The van der Waals surface area contributed by atoms with Crippen molar-refractivity contribution < 1.29 is 8.42 Å². The summed E-state index contributed by atoms with van der Waals surface area (Å²) in [4.78, 5) is 0. The molecular weight excluding hydrogens is 272 g/mol. The van der Waals surface area contributed by atoms with Crippen LogP contribution >= 0.6 is 12.4 Å². The summed E-state index contributed by atoms with van der Waals surface area (Å²) >= 11 is 0. The summed E-state index contributed by atoms with van der Waals surface area (Å²) in [6.45, 7) is 3.35. The first kappa shape index (κ1) is 16.2. The van der Waals surface area contributed by atoms with Gasteiger partial charge >= 0.3 is 0 Å². The predicted octanol–water partition coefficient (Wildman–Crippen LogP) is 1.60. The van der Waals surface area contributed by atoms with Crippen LogP contribution in [0.1, 0.15) is 39.0 Å². The fourth-order valence-electron chi connectivity index (χ4n) is 2.53. The molecule has 1 saturated carbocycles. The molecule has 108 valence electrons. The Labute approximate surface area is 117 Å². The third kappa shape index (κ3) is 4.37. The third-order valence-electron chi connectivity index (χ3n) is 4.12. The number of halogens is 1. The lowest BCUT2D eigenvalue weighted by Gasteiger charge is -2.32. The van der Waals surface area contributed by atoms with Crippen LogP contribution in [0.2, 0.25) is 0 Å². The predicted molar refractivity (Wildman–Crippen MR) is 76.3 cm³/mol. The number of nitrogens with two attached hydrogens (primary N) is 1. The van der Waals surface area contributed by atoms with Crippen LogP contribution in [0.25, 0.3) is 0 Å². The van der Waals surface area contributed by atoms with Gasteiger partial charge in [-0.15, -0.1) is 12.4 Å². The van der Waals surface area contributed by atoms with E-state index in [4.69, 9.17) is 5.73 Å². The number of piperidine rings is 1. The summed E-state index contributed by atoms with van der Waals surface area (Å²) in [6, 6.07) is 0.186. The first-order valence-corrected chi connectivity index (χ1v) is 8.33. The van der Waals surface area contributed by atoms with E-state index in [1.165, 1.54) is 12.8 Å². The van der Waals surface area contributed by atoms with Gasteiger partial charge in [0.25, 0.3) is 0 Å². The molecule has 2 N–H and O–H groups in total. The SMILES string of the molecule is CC(N)C1CCN(S(=O)(=O)CCC2CC2)CC1.Cl. The Hall–Kier alpha value is 0.160. The lowest BCUT2D eigenvalue weighted by molar-refractivity contribution is 0.250. The molecule has 0 spiro atoms. The van der Waals surface area contributed by atoms with E-state index < -0.39 is 10.0 Å². The highest BCUT2D eigenvalue weighted by atomic mass is 35.5. The summed E-state index contributed by atoms with van der Waals surface area (Å²) in [5.74, 6) is 1.52. The molecule has 0 bridgehead atoms. The van der Waals surface area contributed by atoms with Crippen LogP contribution in [0.4, 0.5) is 0 Å². The molecule has 2 fully saturated rings. The standard InChI is InChI=1S/C12H24N2O2S.ClH/c1-10(13)12-4-7-14(8-5-12)17(15,16)9-6-11-2-3-11;/h10-12H,2-9,13H2,1H3;1H. The van der Waals surface area contributed by atoms with Gasteiger partial charge in [0.05, 0.1) is 5.75 Å². The average molecular weight is 297 g/mol. The Balaban J connectivity index is 0.00000162. The van der Waals surface area contributed by atoms with Crippen LogP contribution in [0.5, 0.6) is 0 Å². The van der Waals surface area contributed by atoms with E-state index in [1.807, 2.05) is 6.92 Å². The Morgan fingerprint density at radius 1 is 1.22 bits per heavy atom. The van der Waals surface area contributed by atoms with Crippen molar-refractivity contribution >= 4 is 22.4 Å². The van der Waals surface area contributed by atoms with Crippen molar-refractivity contribution in [3.63, 3.8) is 0 Å². The van der Waals surface area contributed by atoms with E-state index in [2.05, 4.69) is 0 Å². The molecular formula is C12H25ClN2O2S. The van der Waals surface area contributed by atoms with Crippen LogP contribution in [0.3, 0.4) is 0 Å². The van der Waals surface area contributed by atoms with Gasteiger partial charge in [0, 0.05) is 19.1 Å². The number of hydrogen-bond acceptors (Lipinski definition) is 3. The fraction of sp³-hybridized carbons (Fsp3) is 1.00. The summed E-state index contributed by atoms with van der Waals surface area (Å²) in [5, 5.41) is 0. The normalized spacial score (nSPS) is 24.6. The maximum atomic E-state index is 12.1. The van der Waals surface area contributed by atoms with E-state index in [-0.39, 0.29) is 18.4 Å². The second kappa shape index (κ2) is 6.55. The van der Waals surface area contributed by atoms with Gasteiger partial charge < -0.3 is 5.73 Å². The lowest BCUT2D eigenvalue weighted by atomic mass is 9.92. The van der Waals surface area contributed by atoms with E-state index in [1.54, 1.807) is 4.31 Å². The Kier molecular flexibility index (Phi) is 5.90. The van der Waals surface area contributed by atoms with Crippen molar-refractivity contribution in [2.24, 2.45) is 17.6 Å². The topological polar surface area (TPSA) is 63.4 Å². The second-order valence-corrected chi connectivity index (χ2v) is 7.73. The maximum absolute atomic E-state index is 12.1. The van der Waals surface area contributed by atoms with Gasteiger partial charge in [0.15, 0.2) is 0 Å². The first-order valence-electron chi connectivity index (χ1n) is 6.72. The molecule has 0 aromatic rings. The molecule has 0 amide bonds. The maximum Gasteiger partial charge on any atom is 0.214 e. The molecule has 2 rings (SSSR count). The molecule has 0 aromatic heterocycles. The van der Waals surface area contributed by atoms with Crippen LogP contribution in [0, 0.1) is 11.8 Å². The van der Waals surface area contributed by atoms with E-state index >= 15 is 0 Å². The number of hydrogen-bond donors (Lipinski definition) is 1. The van der Waals surface area contributed by atoms with Crippen molar-refractivity contribution in [1.82, 2.24) is 4.31 Å². The zero-order valence-corrected chi connectivity index (χ0v) is 12.7. The monoisotopic (exact) mass is 296 g/mol. The highest BCUT2D eigenvalue weighted by Gasteiger charge is 2.31. The molecule has 6 heteroatoms. The quantitative estimate of drug-likeness (QED) is 0.838. The van der Waals surface area contributed by atoms with Crippen molar-refractivity contribution in [2.45, 2.75) is 45.1 Å². The van der Waals surface area contributed by atoms with Crippen LogP contribution in [-0.4, -0.2) is 37.6 Å². The Morgan fingerprint density at radius 3 is 2.22 bits per heavy atom. The van der Waals surface area contributed by atoms with Crippen molar-refractivity contribution in [3.8, 4) is 0 Å². The highest BCUT2D eigenvalue weighted by molar-refractivity contribution is 7.89. The summed E-state index contributed by atoms with van der Waals surface area (Å²) in [7, 11) is -3.00. The minimum Gasteiger partial charge on any atom is -0.328 e. The van der Waals surface area contributed by atoms with E-state index in [0.29, 0.717) is 30.7 Å². The molecule has 0 aromatic carbocycles. The zero-order chi connectivity index (χ0) is 12.5. The molecule has 1 aliphatic heterocycles. The first-order chi connectivity index (χ1) is 7.99. The lowest BCUT2D eigenvalue weighted by Crippen LogP contribution is -2.43. The number of nitrogens with zero attached hydrogens (tertiary/aromatic N) is 1. The molecule has 1 aliphatic carbocycles. The van der Waals surface area contributed by atoms with Gasteiger partial charge in [-0.3, -0.25) is 0 Å². The van der Waals surface area contributed by atoms with Crippen LogP contribution in [-0.2, 0) is 10.0 Å². The van der Waals surface area contributed by atoms with Gasteiger partial charge in [0.1, 0.15) is 0 Å². The van der Waals surface area contributed by atoms with Gasteiger partial charge in [-0.05, 0) is 38.0 Å². The molecule has 4 nitrogen and oxygen atoms in total. The minimum absolute atomic E-state index is 0. The molecule has 0 radical (unpaired) electrons. The summed E-state index contributed by atoms with van der Waals surface area (Å²) in [6.07, 6.45) is 5.14. The van der Waals surface area contributed by atoms with Crippen molar-refractivity contribution in [1.29, 1.82) is 0 Å². The molecule has 1 saturated heterocycles. The van der Waals surface area contributed by atoms with Crippen LogP contribution < -0.4 is 5.73 Å². The Bertz CT molecular complexity index is 347. The number of rotatable bonds is 5. The number of sulfonamides is 1. The summed E-state index contributed by atoms with van der Waals surface area (Å²) < 4.78 is 25.9. The van der Waals surface area contributed by atoms with Gasteiger partial charge in [0.2, 0.25) is 10.0 Å². The van der Waals surface area contributed by atoms with Gasteiger partial charge in [-0.1, -0.05) is 12.8 Å². The van der Waals surface area contributed by atoms with Gasteiger partial charge in [-0.2, -0.15) is 0 Å². The van der Waals surface area contributed by atoms with E-state index in [0.717, 1.165) is 19.3 Å². The smallest absolute Gasteiger partial charge is 0.214 e. The van der Waals surface area contributed by atoms with E-state index in [9.17, 15) is 8.42 Å². The van der Waals surface area contributed by atoms with Crippen LogP contribution in [0.15, 0.2) is 0 Å². The second-order valence-electron chi connectivity index (χ2n) is 5.64. The molecule has 18 heavy (non-hydrogen) atoms.